The molecule has 0 aromatic carbocycles. The molecule has 2 rings (SSSR count). The fraction of sp³-hybridized carbons (Fsp3) is 0.267. The lowest BCUT2D eigenvalue weighted by Gasteiger charge is -2.23. The first-order valence-electron chi connectivity index (χ1n) is 6.56. The van der Waals surface area contributed by atoms with E-state index in [0.717, 1.165) is 0 Å². The first-order valence-corrected chi connectivity index (χ1v) is 6.94. The molecule has 0 radical (unpaired) electrons. The summed E-state index contributed by atoms with van der Waals surface area (Å²) in [5, 5.41) is 11.9. The third kappa shape index (κ3) is 4.08. The van der Waals surface area contributed by atoms with Crippen molar-refractivity contribution in [1.29, 1.82) is 0 Å². The van der Waals surface area contributed by atoms with E-state index in [2.05, 4.69) is 15.3 Å². The lowest BCUT2D eigenvalue weighted by molar-refractivity contribution is 0.101. The Bertz CT molecular complexity index is 699. The number of nitrogens with zero attached hydrogens (tertiary/aromatic N) is 2. The molecule has 0 saturated heterocycles. The zero-order valence-corrected chi connectivity index (χ0v) is 13.2. The van der Waals surface area contributed by atoms with E-state index in [0.29, 0.717) is 11.4 Å². The zero-order chi connectivity index (χ0) is 16.3. The third-order valence-electron chi connectivity index (χ3n) is 2.51. The van der Waals surface area contributed by atoms with Crippen LogP contribution in [0.3, 0.4) is 0 Å². The van der Waals surface area contributed by atoms with Gasteiger partial charge in [0.05, 0.1) is 6.20 Å². The van der Waals surface area contributed by atoms with Crippen LogP contribution in [0.5, 0.6) is 11.5 Å². The van der Waals surface area contributed by atoms with E-state index in [9.17, 15) is 9.90 Å². The number of pyridine rings is 2. The lowest BCUT2D eigenvalue weighted by Crippen LogP contribution is -2.24. The van der Waals surface area contributed by atoms with Gasteiger partial charge < -0.3 is 15.2 Å². The van der Waals surface area contributed by atoms with Gasteiger partial charge in [0.1, 0.15) is 22.7 Å². The van der Waals surface area contributed by atoms with Gasteiger partial charge in [0.25, 0.3) is 5.91 Å². The van der Waals surface area contributed by atoms with E-state index in [1.54, 1.807) is 12.3 Å². The van der Waals surface area contributed by atoms with E-state index < -0.39 is 11.5 Å². The average Bonchev–Trinajstić information content (AvgIpc) is 2.42. The Hall–Kier alpha value is -2.34. The Morgan fingerprint density at radius 3 is 2.68 bits per heavy atom. The van der Waals surface area contributed by atoms with Crippen LogP contribution in [0.25, 0.3) is 0 Å². The Morgan fingerprint density at radius 1 is 1.32 bits per heavy atom. The van der Waals surface area contributed by atoms with Gasteiger partial charge >= 0.3 is 0 Å². The quantitative estimate of drug-likeness (QED) is 0.848. The minimum atomic E-state index is -0.478. The molecule has 2 aromatic heterocycles. The highest BCUT2D eigenvalue weighted by molar-refractivity contribution is 6.31. The Morgan fingerprint density at radius 2 is 2.05 bits per heavy atom. The van der Waals surface area contributed by atoms with Crippen LogP contribution in [-0.4, -0.2) is 26.6 Å². The molecule has 0 bridgehead atoms. The Kier molecular flexibility index (Phi) is 4.51. The molecule has 0 spiro atoms. The maximum absolute atomic E-state index is 12.2. The number of amides is 1. The Labute approximate surface area is 133 Å². The van der Waals surface area contributed by atoms with E-state index >= 15 is 0 Å². The third-order valence-corrected chi connectivity index (χ3v) is 2.79. The number of rotatable bonds is 3. The highest BCUT2D eigenvalue weighted by Gasteiger charge is 2.17. The molecule has 116 valence electrons. The fourth-order valence-electron chi connectivity index (χ4n) is 1.63. The predicted octanol–water partition coefficient (Wildman–Crippen LogP) is 3.27. The number of aromatic nitrogens is 2. The van der Waals surface area contributed by atoms with E-state index in [1.165, 1.54) is 18.3 Å². The smallest absolute Gasteiger partial charge is 0.274 e. The van der Waals surface area contributed by atoms with Gasteiger partial charge in [-0.15, -0.1) is 0 Å². The highest BCUT2D eigenvalue weighted by atomic mass is 35.5. The van der Waals surface area contributed by atoms with Crippen LogP contribution in [0, 0.1) is 0 Å². The molecule has 22 heavy (non-hydrogen) atoms. The van der Waals surface area contributed by atoms with Gasteiger partial charge in [-0.25, -0.2) is 4.98 Å². The van der Waals surface area contributed by atoms with E-state index in [1.807, 2.05) is 20.8 Å². The fourth-order valence-corrected chi connectivity index (χ4v) is 1.79. The minimum absolute atomic E-state index is 0.0772. The van der Waals surface area contributed by atoms with Crippen molar-refractivity contribution in [2.75, 3.05) is 5.32 Å². The second-order valence-electron chi connectivity index (χ2n) is 5.55. The number of ether oxygens (including phenoxy) is 1. The van der Waals surface area contributed by atoms with Crippen molar-refractivity contribution in [3.63, 3.8) is 0 Å². The van der Waals surface area contributed by atoms with Gasteiger partial charge in [-0.2, -0.15) is 0 Å². The zero-order valence-electron chi connectivity index (χ0n) is 12.4. The van der Waals surface area contributed by atoms with Gasteiger partial charge in [-0.05, 0) is 32.9 Å². The molecule has 1 amide bonds. The maximum Gasteiger partial charge on any atom is 0.274 e. The SMILES string of the molecule is CC(C)(C)Oc1ccncc1NC(=O)c1ccc(O)c(Cl)n1. The minimum Gasteiger partial charge on any atom is -0.505 e. The molecule has 7 heteroatoms. The monoisotopic (exact) mass is 321 g/mol. The van der Waals surface area contributed by atoms with Gasteiger partial charge in [0, 0.05) is 12.3 Å². The van der Waals surface area contributed by atoms with Crippen LogP contribution in [0.2, 0.25) is 5.15 Å². The second kappa shape index (κ2) is 6.19. The summed E-state index contributed by atoms with van der Waals surface area (Å²) < 4.78 is 5.77. The average molecular weight is 322 g/mol. The molecule has 0 saturated carbocycles. The highest BCUT2D eigenvalue weighted by Crippen LogP contribution is 2.27. The molecule has 0 aliphatic rings. The van der Waals surface area contributed by atoms with Crippen molar-refractivity contribution in [1.82, 2.24) is 9.97 Å². The molecule has 2 aromatic rings. The summed E-state index contributed by atoms with van der Waals surface area (Å²) in [5.74, 6) is -0.161. The Balaban J connectivity index is 2.23. The topological polar surface area (TPSA) is 84.3 Å². The summed E-state index contributed by atoms with van der Waals surface area (Å²) in [4.78, 5) is 20.0. The molecule has 0 fully saturated rings. The number of anilines is 1. The summed E-state index contributed by atoms with van der Waals surface area (Å²) in [6.45, 7) is 5.71. The number of carbonyl (C=O) groups is 1. The van der Waals surface area contributed by atoms with Crippen LogP contribution >= 0.6 is 11.6 Å². The van der Waals surface area contributed by atoms with Crippen LogP contribution < -0.4 is 10.1 Å². The van der Waals surface area contributed by atoms with E-state index in [-0.39, 0.29) is 16.6 Å². The molecule has 0 aliphatic carbocycles. The summed E-state index contributed by atoms with van der Waals surface area (Å²) in [6, 6.07) is 4.34. The standard InChI is InChI=1S/C15H16ClN3O3/c1-15(2,3)22-12-6-7-17-8-10(12)19-14(21)9-4-5-11(20)13(16)18-9/h4-8,20H,1-3H3,(H,19,21). The molecular weight excluding hydrogens is 306 g/mol. The van der Waals surface area contributed by atoms with E-state index in [4.69, 9.17) is 16.3 Å². The molecular formula is C15H16ClN3O3. The summed E-state index contributed by atoms with van der Waals surface area (Å²) in [6.07, 6.45) is 3.06. The normalized spacial score (nSPS) is 11.1. The van der Waals surface area contributed by atoms with Crippen molar-refractivity contribution in [3.8, 4) is 11.5 Å². The van der Waals surface area contributed by atoms with Crippen molar-refractivity contribution in [2.45, 2.75) is 26.4 Å². The maximum atomic E-state index is 12.2. The summed E-state index contributed by atoms with van der Waals surface area (Å²) >= 11 is 5.70. The number of hydrogen-bond acceptors (Lipinski definition) is 5. The van der Waals surface area contributed by atoms with Crippen LogP contribution in [0.4, 0.5) is 5.69 Å². The van der Waals surface area contributed by atoms with Crippen molar-refractivity contribution >= 4 is 23.2 Å². The summed E-state index contributed by atoms with van der Waals surface area (Å²) in [7, 11) is 0. The summed E-state index contributed by atoms with van der Waals surface area (Å²) in [5.41, 5.74) is 0.0859. The largest absolute Gasteiger partial charge is 0.505 e. The van der Waals surface area contributed by atoms with Gasteiger partial charge in [-0.3, -0.25) is 9.78 Å². The number of nitrogens with one attached hydrogen (secondary N) is 1. The first-order chi connectivity index (χ1) is 10.3. The number of aromatic hydroxyl groups is 1. The number of hydrogen-bond donors (Lipinski definition) is 2. The molecule has 2 N–H and O–H groups in total. The molecule has 0 atom stereocenters. The van der Waals surface area contributed by atoms with Gasteiger partial charge in [-0.1, -0.05) is 11.6 Å². The van der Waals surface area contributed by atoms with Crippen molar-refractivity contribution in [2.24, 2.45) is 0 Å². The predicted molar refractivity (Wildman–Crippen MR) is 83.5 cm³/mol. The van der Waals surface area contributed by atoms with Gasteiger partial charge in [0.15, 0.2) is 10.9 Å². The molecule has 6 nitrogen and oxygen atoms in total. The molecule has 0 unspecified atom stereocenters. The number of carbonyl (C=O) groups excluding carboxylic acids is 1. The first kappa shape index (κ1) is 16.0. The lowest BCUT2D eigenvalue weighted by atomic mass is 10.2. The van der Waals surface area contributed by atoms with Gasteiger partial charge in [0.2, 0.25) is 0 Å². The number of halogens is 1. The van der Waals surface area contributed by atoms with Crippen molar-refractivity contribution < 1.29 is 14.6 Å². The molecule has 2 heterocycles. The molecule has 0 aliphatic heterocycles. The van der Waals surface area contributed by atoms with Crippen molar-refractivity contribution in [3.05, 3.63) is 41.4 Å². The van der Waals surface area contributed by atoms with Crippen LogP contribution in [-0.2, 0) is 0 Å². The second-order valence-corrected chi connectivity index (χ2v) is 5.90. The van der Waals surface area contributed by atoms with Crippen LogP contribution in [0.1, 0.15) is 31.3 Å². The van der Waals surface area contributed by atoms with Crippen LogP contribution in [0.15, 0.2) is 30.6 Å².